The van der Waals surface area contributed by atoms with Crippen molar-refractivity contribution < 1.29 is 13.9 Å². The highest BCUT2D eigenvalue weighted by Gasteiger charge is 2.26. The van der Waals surface area contributed by atoms with Gasteiger partial charge in [-0.3, -0.25) is 14.4 Å². The molecule has 1 amide bonds. The van der Waals surface area contributed by atoms with Crippen molar-refractivity contribution in [3.63, 3.8) is 0 Å². The smallest absolute Gasteiger partial charge is 0.275 e. The Bertz CT molecular complexity index is 853. The van der Waals surface area contributed by atoms with E-state index in [-0.39, 0.29) is 11.6 Å². The van der Waals surface area contributed by atoms with Crippen LogP contribution in [0.5, 0.6) is 0 Å². The van der Waals surface area contributed by atoms with Crippen LogP contribution in [-0.4, -0.2) is 63.3 Å². The number of halogens is 1. The normalized spacial score (nSPS) is 18.0. The van der Waals surface area contributed by atoms with Crippen molar-refractivity contribution in [2.45, 2.75) is 39.5 Å². The van der Waals surface area contributed by atoms with Crippen LogP contribution in [0.15, 0.2) is 18.3 Å². The minimum atomic E-state index is -0.565. The highest BCUT2D eigenvalue weighted by atomic mass is 19.1. The second-order valence-corrected chi connectivity index (χ2v) is 7.25. The van der Waals surface area contributed by atoms with E-state index in [0.29, 0.717) is 19.7 Å². The van der Waals surface area contributed by atoms with Gasteiger partial charge in [-0.15, -0.1) is 0 Å². The average molecular weight is 387 g/mol. The molecule has 0 unspecified atom stereocenters. The third kappa shape index (κ3) is 3.79. The summed E-state index contributed by atoms with van der Waals surface area (Å²) < 4.78 is 21.7. The summed E-state index contributed by atoms with van der Waals surface area (Å²) in [6, 6.07) is 2.77. The predicted octanol–water partition coefficient (Wildman–Crippen LogP) is 1.86. The summed E-state index contributed by atoms with van der Waals surface area (Å²) in [5.74, 6) is -0.897. The van der Waals surface area contributed by atoms with E-state index < -0.39 is 5.82 Å². The molecule has 0 atom stereocenters. The van der Waals surface area contributed by atoms with Crippen molar-refractivity contribution in [3.05, 3.63) is 46.8 Å². The van der Waals surface area contributed by atoms with Crippen molar-refractivity contribution in [1.82, 2.24) is 24.6 Å². The monoisotopic (exact) mass is 387 g/mol. The van der Waals surface area contributed by atoms with Crippen molar-refractivity contribution in [3.8, 4) is 0 Å². The zero-order chi connectivity index (χ0) is 19.5. The fourth-order valence-corrected chi connectivity index (χ4v) is 4.00. The fourth-order valence-electron chi connectivity index (χ4n) is 4.00. The summed E-state index contributed by atoms with van der Waals surface area (Å²) >= 11 is 0. The van der Waals surface area contributed by atoms with Crippen LogP contribution in [0.2, 0.25) is 0 Å². The molecule has 0 N–H and O–H groups in total. The fraction of sp³-hybridized carbons (Fsp3) is 0.550. The van der Waals surface area contributed by atoms with Crippen molar-refractivity contribution in [2.75, 3.05) is 32.8 Å². The molecule has 2 aliphatic heterocycles. The molecule has 0 radical (unpaired) electrons. The van der Waals surface area contributed by atoms with Gasteiger partial charge in [0.05, 0.1) is 18.9 Å². The lowest BCUT2D eigenvalue weighted by Gasteiger charge is -2.22. The Morgan fingerprint density at radius 3 is 3.00 bits per heavy atom. The summed E-state index contributed by atoms with van der Waals surface area (Å²) in [6.07, 6.45) is 3.21. The Labute approximate surface area is 164 Å². The molecular weight excluding hydrogens is 361 g/mol. The summed E-state index contributed by atoms with van der Waals surface area (Å²) in [4.78, 5) is 20.6. The Kier molecular flexibility index (Phi) is 5.68. The van der Waals surface area contributed by atoms with Gasteiger partial charge in [0.1, 0.15) is 0 Å². The lowest BCUT2D eigenvalue weighted by Crippen LogP contribution is -2.36. The molecule has 2 aliphatic rings. The van der Waals surface area contributed by atoms with Crippen LogP contribution in [0.4, 0.5) is 4.39 Å². The Hall–Kier alpha value is -2.32. The Morgan fingerprint density at radius 1 is 1.29 bits per heavy atom. The van der Waals surface area contributed by atoms with Gasteiger partial charge in [0.15, 0.2) is 11.5 Å². The van der Waals surface area contributed by atoms with E-state index in [1.165, 1.54) is 29.6 Å². The minimum absolute atomic E-state index is 0.0937. The van der Waals surface area contributed by atoms with Crippen molar-refractivity contribution in [1.29, 1.82) is 0 Å². The maximum atomic E-state index is 13.9. The van der Waals surface area contributed by atoms with E-state index in [2.05, 4.69) is 21.5 Å². The van der Waals surface area contributed by atoms with Gasteiger partial charge in [0.2, 0.25) is 0 Å². The molecule has 0 saturated carbocycles. The van der Waals surface area contributed by atoms with Gasteiger partial charge in [-0.1, -0.05) is 0 Å². The number of carbonyl (C=O) groups excluding carboxylic acids is 1. The molecule has 2 aromatic heterocycles. The number of hydrogen-bond acceptors (Lipinski definition) is 5. The van der Waals surface area contributed by atoms with Gasteiger partial charge in [0.25, 0.3) is 5.91 Å². The average Bonchev–Trinajstić information content (AvgIpc) is 2.90. The van der Waals surface area contributed by atoms with E-state index >= 15 is 0 Å². The molecule has 2 aromatic rings. The second-order valence-electron chi connectivity index (χ2n) is 7.25. The molecule has 1 saturated heterocycles. The van der Waals surface area contributed by atoms with E-state index in [4.69, 9.17) is 9.84 Å². The van der Waals surface area contributed by atoms with E-state index in [1.807, 2.05) is 0 Å². The topological polar surface area (TPSA) is 63.5 Å². The first-order chi connectivity index (χ1) is 13.7. The minimum Gasteiger partial charge on any atom is -0.376 e. The quantitative estimate of drug-likeness (QED) is 0.801. The van der Waals surface area contributed by atoms with Crippen molar-refractivity contribution in [2.24, 2.45) is 0 Å². The number of hydrogen-bond donors (Lipinski definition) is 0. The maximum Gasteiger partial charge on any atom is 0.275 e. The van der Waals surface area contributed by atoms with E-state index in [9.17, 15) is 9.18 Å². The van der Waals surface area contributed by atoms with Gasteiger partial charge in [-0.25, -0.2) is 9.37 Å². The highest BCUT2D eigenvalue weighted by molar-refractivity contribution is 5.92. The zero-order valence-corrected chi connectivity index (χ0v) is 16.2. The first kappa shape index (κ1) is 19.0. The van der Waals surface area contributed by atoms with Crippen molar-refractivity contribution >= 4 is 5.91 Å². The molecule has 8 heteroatoms. The van der Waals surface area contributed by atoms with Crippen LogP contribution in [0.25, 0.3) is 0 Å². The number of pyridine rings is 1. The number of aryl methyl sites for hydroxylation is 1. The molecule has 0 aromatic carbocycles. The molecule has 1 fully saturated rings. The molecule has 0 spiro atoms. The molecule has 0 bridgehead atoms. The van der Waals surface area contributed by atoms with Gasteiger partial charge in [0, 0.05) is 63.1 Å². The summed E-state index contributed by atoms with van der Waals surface area (Å²) in [5.41, 5.74) is 3.50. The third-order valence-electron chi connectivity index (χ3n) is 5.49. The van der Waals surface area contributed by atoms with Gasteiger partial charge in [-0.05, 0) is 25.5 Å². The first-order valence-electron chi connectivity index (χ1n) is 9.94. The molecule has 0 aliphatic carbocycles. The number of ether oxygens (including phenoxy) is 1. The van der Waals surface area contributed by atoms with Crippen LogP contribution in [0.1, 0.15) is 40.8 Å². The Balaban J connectivity index is 1.43. The zero-order valence-electron chi connectivity index (χ0n) is 16.2. The number of nitrogens with zero attached hydrogens (tertiary/aromatic N) is 5. The summed E-state index contributed by atoms with van der Waals surface area (Å²) in [7, 11) is 0. The molecule has 28 heavy (non-hydrogen) atoms. The van der Waals surface area contributed by atoms with E-state index in [1.54, 1.807) is 4.90 Å². The predicted molar refractivity (Wildman–Crippen MR) is 101 cm³/mol. The number of amides is 1. The number of aromatic nitrogens is 3. The summed E-state index contributed by atoms with van der Waals surface area (Å²) in [6.45, 7) is 7.87. The lowest BCUT2D eigenvalue weighted by atomic mass is 10.1. The third-order valence-corrected chi connectivity index (χ3v) is 5.49. The number of carbonyl (C=O) groups is 1. The highest BCUT2D eigenvalue weighted by Crippen LogP contribution is 2.23. The molecular formula is C20H26FN5O2. The largest absolute Gasteiger partial charge is 0.376 e. The van der Waals surface area contributed by atoms with Gasteiger partial charge >= 0.3 is 0 Å². The van der Waals surface area contributed by atoms with Gasteiger partial charge in [-0.2, -0.15) is 5.10 Å². The van der Waals surface area contributed by atoms with Crippen LogP contribution in [-0.2, 0) is 30.9 Å². The van der Waals surface area contributed by atoms with E-state index in [0.717, 1.165) is 51.3 Å². The molecule has 4 rings (SSSR count). The van der Waals surface area contributed by atoms with Crippen LogP contribution >= 0.6 is 0 Å². The van der Waals surface area contributed by atoms with Crippen LogP contribution < -0.4 is 0 Å². The molecule has 150 valence electrons. The SMILES string of the molecule is CCn1nc(CN2CCCN(C(=O)c3ncccc3F)CC2)c2c1CCOC2. The van der Waals surface area contributed by atoms with Crippen LogP contribution in [0.3, 0.4) is 0 Å². The standard InChI is InChI=1S/C20H26FN5O2/c1-2-26-18-6-12-28-14-15(18)17(23-26)13-24-8-4-9-25(11-10-24)20(27)19-16(21)5-3-7-22-19/h3,5,7H,2,4,6,8-14H2,1H3. The van der Waals surface area contributed by atoms with Crippen LogP contribution in [0, 0.1) is 5.82 Å². The lowest BCUT2D eigenvalue weighted by molar-refractivity contribution is 0.0750. The molecule has 4 heterocycles. The number of fused-ring (bicyclic) bond motifs is 1. The Morgan fingerprint density at radius 2 is 2.18 bits per heavy atom. The van der Waals surface area contributed by atoms with Gasteiger partial charge < -0.3 is 9.64 Å². The second kappa shape index (κ2) is 8.36. The maximum absolute atomic E-state index is 13.9. The summed E-state index contributed by atoms with van der Waals surface area (Å²) in [5, 5.41) is 4.80. The first-order valence-corrected chi connectivity index (χ1v) is 9.94. The molecule has 7 nitrogen and oxygen atoms in total. The number of rotatable bonds is 4.